The van der Waals surface area contributed by atoms with Gasteiger partial charge in [-0.3, -0.25) is 0 Å². The van der Waals surface area contributed by atoms with Crippen molar-refractivity contribution in [1.29, 1.82) is 0 Å². The number of nitrogens with one attached hydrogen (secondary N) is 1. The zero-order valence-corrected chi connectivity index (χ0v) is 16.4. The van der Waals surface area contributed by atoms with Crippen LogP contribution in [0.15, 0.2) is 30.3 Å². The van der Waals surface area contributed by atoms with Crippen LogP contribution in [0, 0.1) is 5.82 Å². The van der Waals surface area contributed by atoms with Gasteiger partial charge in [0.2, 0.25) is 5.95 Å². The first-order valence-electron chi connectivity index (χ1n) is 9.94. The summed E-state index contributed by atoms with van der Waals surface area (Å²) >= 11 is 0. The van der Waals surface area contributed by atoms with Crippen molar-refractivity contribution in [3.8, 4) is 0 Å². The van der Waals surface area contributed by atoms with Crippen LogP contribution in [-0.2, 0) is 16.0 Å². The number of carbonyl (C=O) groups is 1. The predicted octanol–water partition coefficient (Wildman–Crippen LogP) is 4.23. The van der Waals surface area contributed by atoms with Crippen LogP contribution in [0.3, 0.4) is 0 Å². The summed E-state index contributed by atoms with van der Waals surface area (Å²) in [7, 11) is 0. The second kappa shape index (κ2) is 9.48. The third-order valence-electron chi connectivity index (χ3n) is 4.73. The number of rotatable bonds is 7. The lowest BCUT2D eigenvalue weighted by Gasteiger charge is -2.35. The van der Waals surface area contributed by atoms with Gasteiger partial charge in [-0.25, -0.2) is 14.2 Å². The standard InChI is InChI=1S/C21H27FN4O2/c1-3-7-17-14-19(26-13-6-5-8-18(26)20(27)28-4-2)25-21(24-17)23-16-11-9-15(22)10-12-16/h9-12,14,18H,3-8,13H2,1-2H3,(H,23,24,25). The maximum Gasteiger partial charge on any atom is 0.328 e. The fraction of sp³-hybridized carbons (Fsp3) is 0.476. The van der Waals surface area contributed by atoms with E-state index in [0.29, 0.717) is 18.2 Å². The monoisotopic (exact) mass is 386 g/mol. The Morgan fingerprint density at radius 2 is 2.04 bits per heavy atom. The van der Waals surface area contributed by atoms with E-state index in [2.05, 4.69) is 22.2 Å². The normalized spacial score (nSPS) is 16.7. The molecule has 1 unspecified atom stereocenters. The van der Waals surface area contributed by atoms with Crippen LogP contribution in [0.5, 0.6) is 0 Å². The van der Waals surface area contributed by atoms with E-state index >= 15 is 0 Å². The Morgan fingerprint density at radius 1 is 1.25 bits per heavy atom. The average Bonchev–Trinajstić information content (AvgIpc) is 2.70. The number of piperidine rings is 1. The molecule has 6 nitrogen and oxygen atoms in total. The van der Waals surface area contributed by atoms with Gasteiger partial charge >= 0.3 is 5.97 Å². The topological polar surface area (TPSA) is 67.4 Å². The van der Waals surface area contributed by atoms with E-state index in [0.717, 1.165) is 50.2 Å². The molecule has 1 aromatic heterocycles. The molecule has 0 amide bonds. The van der Waals surface area contributed by atoms with Gasteiger partial charge < -0.3 is 15.0 Å². The van der Waals surface area contributed by atoms with E-state index in [9.17, 15) is 9.18 Å². The number of carbonyl (C=O) groups excluding carboxylic acids is 1. The van der Waals surface area contributed by atoms with Crippen molar-refractivity contribution in [2.45, 2.75) is 52.0 Å². The summed E-state index contributed by atoms with van der Waals surface area (Å²) in [6, 6.07) is 7.70. The SMILES string of the molecule is CCCc1cc(N2CCCCC2C(=O)OCC)nc(Nc2ccc(F)cc2)n1. The van der Waals surface area contributed by atoms with Gasteiger partial charge in [-0.1, -0.05) is 13.3 Å². The number of hydrogen-bond acceptors (Lipinski definition) is 6. The van der Waals surface area contributed by atoms with Gasteiger partial charge in [0.1, 0.15) is 17.7 Å². The lowest BCUT2D eigenvalue weighted by Crippen LogP contribution is -2.46. The van der Waals surface area contributed by atoms with E-state index in [1.165, 1.54) is 12.1 Å². The molecule has 0 saturated carbocycles. The van der Waals surface area contributed by atoms with Crippen molar-refractivity contribution in [3.63, 3.8) is 0 Å². The molecule has 2 heterocycles. The molecule has 28 heavy (non-hydrogen) atoms. The summed E-state index contributed by atoms with van der Waals surface area (Å²) < 4.78 is 18.4. The van der Waals surface area contributed by atoms with Gasteiger partial charge in [0.05, 0.1) is 6.61 Å². The van der Waals surface area contributed by atoms with Crippen LogP contribution >= 0.6 is 0 Å². The van der Waals surface area contributed by atoms with Gasteiger partial charge in [0.25, 0.3) is 0 Å². The first-order chi connectivity index (χ1) is 13.6. The van der Waals surface area contributed by atoms with Crippen molar-refractivity contribution >= 4 is 23.4 Å². The summed E-state index contributed by atoms with van der Waals surface area (Å²) in [6.45, 7) is 5.03. The highest BCUT2D eigenvalue weighted by Crippen LogP contribution is 2.27. The van der Waals surface area contributed by atoms with Crippen LogP contribution in [0.4, 0.5) is 21.8 Å². The fourth-order valence-electron chi connectivity index (χ4n) is 3.42. The van der Waals surface area contributed by atoms with Crippen LogP contribution in [0.25, 0.3) is 0 Å². The van der Waals surface area contributed by atoms with Gasteiger partial charge in [-0.15, -0.1) is 0 Å². The van der Waals surface area contributed by atoms with Gasteiger partial charge in [0.15, 0.2) is 0 Å². The number of nitrogens with zero attached hydrogens (tertiary/aromatic N) is 3. The van der Waals surface area contributed by atoms with Crippen molar-refractivity contribution in [2.24, 2.45) is 0 Å². The Balaban J connectivity index is 1.90. The lowest BCUT2D eigenvalue weighted by molar-refractivity contribution is -0.145. The van der Waals surface area contributed by atoms with Gasteiger partial charge in [-0.2, -0.15) is 4.98 Å². The van der Waals surface area contributed by atoms with Crippen LogP contribution in [-0.4, -0.2) is 35.1 Å². The molecule has 1 fully saturated rings. The molecule has 150 valence electrons. The zero-order chi connectivity index (χ0) is 19.9. The number of aryl methyl sites for hydroxylation is 1. The van der Waals surface area contributed by atoms with Crippen molar-refractivity contribution in [3.05, 3.63) is 41.8 Å². The second-order valence-electron chi connectivity index (χ2n) is 6.88. The Kier molecular flexibility index (Phi) is 6.79. The van der Waals surface area contributed by atoms with E-state index in [-0.39, 0.29) is 17.8 Å². The summed E-state index contributed by atoms with van der Waals surface area (Å²) in [5.74, 6) is 0.671. The van der Waals surface area contributed by atoms with Crippen molar-refractivity contribution in [1.82, 2.24) is 9.97 Å². The maximum atomic E-state index is 13.2. The van der Waals surface area contributed by atoms with Crippen LogP contribution in [0.2, 0.25) is 0 Å². The number of esters is 1. The molecule has 3 rings (SSSR count). The molecule has 2 aromatic rings. The molecule has 1 atom stereocenters. The first kappa shape index (κ1) is 20.0. The Morgan fingerprint density at radius 3 is 2.75 bits per heavy atom. The van der Waals surface area contributed by atoms with E-state index in [1.54, 1.807) is 12.1 Å². The first-order valence-corrected chi connectivity index (χ1v) is 9.94. The Hall–Kier alpha value is -2.70. The number of anilines is 3. The summed E-state index contributed by atoms with van der Waals surface area (Å²) in [6.07, 6.45) is 4.52. The van der Waals surface area contributed by atoms with Crippen molar-refractivity contribution in [2.75, 3.05) is 23.4 Å². The minimum absolute atomic E-state index is 0.203. The van der Waals surface area contributed by atoms with E-state index in [1.807, 2.05) is 17.9 Å². The largest absolute Gasteiger partial charge is 0.464 e. The number of halogens is 1. The molecule has 1 saturated heterocycles. The van der Waals surface area contributed by atoms with E-state index < -0.39 is 0 Å². The Labute approximate surface area is 165 Å². The number of ether oxygens (including phenoxy) is 1. The highest BCUT2D eigenvalue weighted by Gasteiger charge is 2.31. The molecule has 0 bridgehead atoms. The summed E-state index contributed by atoms with van der Waals surface area (Å²) in [5.41, 5.74) is 1.62. The maximum absolute atomic E-state index is 13.2. The molecule has 0 aliphatic carbocycles. The third kappa shape index (κ3) is 4.97. The molecular weight excluding hydrogens is 359 g/mol. The number of aromatic nitrogens is 2. The third-order valence-corrected chi connectivity index (χ3v) is 4.73. The van der Waals surface area contributed by atoms with Crippen LogP contribution < -0.4 is 10.2 Å². The van der Waals surface area contributed by atoms with E-state index in [4.69, 9.17) is 4.74 Å². The van der Waals surface area contributed by atoms with Crippen molar-refractivity contribution < 1.29 is 13.9 Å². The molecule has 0 spiro atoms. The molecular formula is C21H27FN4O2. The highest BCUT2D eigenvalue weighted by molar-refractivity contribution is 5.80. The fourth-order valence-corrected chi connectivity index (χ4v) is 3.42. The zero-order valence-electron chi connectivity index (χ0n) is 16.4. The second-order valence-corrected chi connectivity index (χ2v) is 6.88. The predicted molar refractivity (Wildman–Crippen MR) is 107 cm³/mol. The highest BCUT2D eigenvalue weighted by atomic mass is 19.1. The molecule has 7 heteroatoms. The van der Waals surface area contributed by atoms with Crippen LogP contribution in [0.1, 0.15) is 45.2 Å². The summed E-state index contributed by atoms with van der Waals surface area (Å²) in [5, 5.41) is 3.15. The molecule has 1 N–H and O–H groups in total. The Bertz CT molecular complexity index is 797. The number of hydrogen-bond donors (Lipinski definition) is 1. The minimum atomic E-state index is -0.322. The smallest absolute Gasteiger partial charge is 0.328 e. The number of benzene rings is 1. The quantitative estimate of drug-likeness (QED) is 0.718. The van der Waals surface area contributed by atoms with Gasteiger partial charge in [-0.05, 0) is 56.9 Å². The minimum Gasteiger partial charge on any atom is -0.464 e. The lowest BCUT2D eigenvalue weighted by atomic mass is 10.0. The van der Waals surface area contributed by atoms with Gasteiger partial charge in [0, 0.05) is 24.0 Å². The molecule has 1 aromatic carbocycles. The molecule has 1 aliphatic heterocycles. The summed E-state index contributed by atoms with van der Waals surface area (Å²) in [4.78, 5) is 23.7. The molecule has 1 aliphatic rings. The molecule has 0 radical (unpaired) electrons. The average molecular weight is 386 g/mol.